The summed E-state index contributed by atoms with van der Waals surface area (Å²) in [7, 11) is 0. The second kappa shape index (κ2) is 5.54. The van der Waals surface area contributed by atoms with Crippen LogP contribution in [0.1, 0.15) is 24.9 Å². The zero-order valence-electron chi connectivity index (χ0n) is 10.6. The van der Waals surface area contributed by atoms with Gasteiger partial charge in [-0.05, 0) is 29.5 Å². The standard InChI is InChI=1S/C14H12ClF2NS2/c1-7-4-12(9-2-3-19-14(9)20-7)18-13-10(15)5-8(16)6-11(13)17/h2-3,5-7,12,18H,4H2,1H3/t7-,12?/m0/s1. The van der Waals surface area contributed by atoms with Gasteiger partial charge in [-0.3, -0.25) is 0 Å². The Hall–Kier alpha value is -0.780. The first-order valence-corrected chi connectivity index (χ1v) is 8.33. The van der Waals surface area contributed by atoms with Crippen molar-refractivity contribution in [3.63, 3.8) is 0 Å². The largest absolute Gasteiger partial charge is 0.375 e. The van der Waals surface area contributed by atoms with Crippen molar-refractivity contribution in [1.29, 1.82) is 0 Å². The van der Waals surface area contributed by atoms with E-state index in [0.717, 1.165) is 24.1 Å². The summed E-state index contributed by atoms with van der Waals surface area (Å²) in [5, 5.41) is 5.69. The molecule has 1 unspecified atom stereocenters. The lowest BCUT2D eigenvalue weighted by Gasteiger charge is -2.28. The summed E-state index contributed by atoms with van der Waals surface area (Å²) >= 11 is 9.47. The van der Waals surface area contributed by atoms with Gasteiger partial charge in [0, 0.05) is 11.3 Å². The van der Waals surface area contributed by atoms with Crippen LogP contribution in [0.5, 0.6) is 0 Å². The first-order chi connectivity index (χ1) is 9.54. The maximum Gasteiger partial charge on any atom is 0.150 e. The average Bonchev–Trinajstić information content (AvgIpc) is 2.81. The van der Waals surface area contributed by atoms with Gasteiger partial charge in [0.25, 0.3) is 0 Å². The number of nitrogens with one attached hydrogen (secondary N) is 1. The number of halogens is 3. The Labute approximate surface area is 129 Å². The molecule has 0 fully saturated rings. The second-order valence-electron chi connectivity index (χ2n) is 4.77. The Bertz CT molecular complexity index is 621. The molecule has 6 heteroatoms. The molecule has 1 aromatic carbocycles. The van der Waals surface area contributed by atoms with Crippen LogP contribution in [0.3, 0.4) is 0 Å². The van der Waals surface area contributed by atoms with Crippen molar-refractivity contribution in [3.8, 4) is 0 Å². The van der Waals surface area contributed by atoms with E-state index in [4.69, 9.17) is 11.6 Å². The van der Waals surface area contributed by atoms with Crippen molar-refractivity contribution in [1.82, 2.24) is 0 Å². The van der Waals surface area contributed by atoms with Crippen LogP contribution < -0.4 is 5.32 Å². The summed E-state index contributed by atoms with van der Waals surface area (Å²) in [6, 6.07) is 4.03. The summed E-state index contributed by atoms with van der Waals surface area (Å²) in [5.41, 5.74) is 1.34. The monoisotopic (exact) mass is 331 g/mol. The fraction of sp³-hybridized carbons (Fsp3) is 0.286. The first kappa shape index (κ1) is 14.2. The van der Waals surface area contributed by atoms with E-state index in [2.05, 4.69) is 12.2 Å². The zero-order valence-corrected chi connectivity index (χ0v) is 13.0. The lowest BCUT2D eigenvalue weighted by atomic mass is 10.0. The Morgan fingerprint density at radius 3 is 2.90 bits per heavy atom. The molecule has 1 aromatic heterocycles. The van der Waals surface area contributed by atoms with Crippen LogP contribution in [-0.4, -0.2) is 5.25 Å². The molecule has 0 saturated heterocycles. The number of hydrogen-bond acceptors (Lipinski definition) is 3. The third-order valence-corrected chi connectivity index (χ3v) is 5.88. The van der Waals surface area contributed by atoms with E-state index in [0.29, 0.717) is 5.25 Å². The van der Waals surface area contributed by atoms with Gasteiger partial charge in [0.15, 0.2) is 5.82 Å². The molecule has 0 amide bonds. The molecule has 0 radical (unpaired) electrons. The fourth-order valence-electron chi connectivity index (χ4n) is 2.34. The Kier molecular flexibility index (Phi) is 3.93. The number of fused-ring (bicyclic) bond motifs is 1. The fourth-order valence-corrected chi connectivity index (χ4v) is 5.16. The number of rotatable bonds is 2. The topological polar surface area (TPSA) is 12.0 Å². The highest BCUT2D eigenvalue weighted by Crippen LogP contribution is 2.45. The van der Waals surface area contributed by atoms with Crippen LogP contribution in [0, 0.1) is 11.6 Å². The number of benzene rings is 1. The molecule has 20 heavy (non-hydrogen) atoms. The quantitative estimate of drug-likeness (QED) is 0.755. The third-order valence-electron chi connectivity index (χ3n) is 3.24. The van der Waals surface area contributed by atoms with Gasteiger partial charge in [0.1, 0.15) is 5.82 Å². The SMILES string of the molecule is C[C@H]1CC(Nc2c(F)cc(F)cc2Cl)c2ccsc2S1. The lowest BCUT2D eigenvalue weighted by molar-refractivity contribution is 0.580. The van der Waals surface area contributed by atoms with Gasteiger partial charge in [-0.15, -0.1) is 23.1 Å². The predicted molar refractivity (Wildman–Crippen MR) is 82.0 cm³/mol. The third kappa shape index (κ3) is 2.67. The maximum atomic E-state index is 13.9. The van der Waals surface area contributed by atoms with Gasteiger partial charge in [0.05, 0.1) is 21.0 Å². The van der Waals surface area contributed by atoms with Crippen LogP contribution in [0.4, 0.5) is 14.5 Å². The highest BCUT2D eigenvalue weighted by Gasteiger charge is 2.27. The molecule has 2 atom stereocenters. The van der Waals surface area contributed by atoms with E-state index in [-0.39, 0.29) is 16.8 Å². The second-order valence-corrected chi connectivity index (χ2v) is 7.80. The molecule has 2 heterocycles. The van der Waals surface area contributed by atoms with Crippen LogP contribution >= 0.6 is 34.7 Å². The van der Waals surface area contributed by atoms with E-state index in [1.165, 1.54) is 4.21 Å². The van der Waals surface area contributed by atoms with E-state index < -0.39 is 11.6 Å². The molecule has 1 nitrogen and oxygen atoms in total. The van der Waals surface area contributed by atoms with Crippen molar-refractivity contribution in [2.24, 2.45) is 0 Å². The van der Waals surface area contributed by atoms with Crippen LogP contribution in [0.15, 0.2) is 27.8 Å². The van der Waals surface area contributed by atoms with Gasteiger partial charge in [-0.1, -0.05) is 18.5 Å². The van der Waals surface area contributed by atoms with Crippen molar-refractivity contribution in [3.05, 3.63) is 45.8 Å². The highest BCUT2D eigenvalue weighted by molar-refractivity contribution is 8.01. The summed E-state index contributed by atoms with van der Waals surface area (Å²) in [5.74, 6) is -1.32. The molecule has 1 aliphatic rings. The minimum atomic E-state index is -0.665. The lowest BCUT2D eigenvalue weighted by Crippen LogP contribution is -2.19. The molecule has 1 aliphatic heterocycles. The molecular weight excluding hydrogens is 320 g/mol. The van der Waals surface area contributed by atoms with Gasteiger partial charge in [-0.2, -0.15) is 0 Å². The molecule has 0 aliphatic carbocycles. The Morgan fingerprint density at radius 2 is 2.15 bits per heavy atom. The molecule has 0 saturated carbocycles. The van der Waals surface area contributed by atoms with Gasteiger partial charge in [0.2, 0.25) is 0 Å². The van der Waals surface area contributed by atoms with E-state index in [9.17, 15) is 8.78 Å². The maximum absolute atomic E-state index is 13.9. The van der Waals surface area contributed by atoms with Crippen molar-refractivity contribution < 1.29 is 8.78 Å². The van der Waals surface area contributed by atoms with Crippen molar-refractivity contribution in [2.45, 2.75) is 28.8 Å². The predicted octanol–water partition coefficient (Wildman–Crippen LogP) is 5.72. The molecule has 0 spiro atoms. The molecule has 106 valence electrons. The normalized spacial score (nSPS) is 21.6. The van der Waals surface area contributed by atoms with Crippen LogP contribution in [0.2, 0.25) is 5.02 Å². The number of hydrogen-bond donors (Lipinski definition) is 1. The molecule has 3 rings (SSSR count). The van der Waals surface area contributed by atoms with Crippen LogP contribution in [0.25, 0.3) is 0 Å². The summed E-state index contributed by atoms with van der Waals surface area (Å²) in [6.45, 7) is 2.14. The van der Waals surface area contributed by atoms with Gasteiger partial charge >= 0.3 is 0 Å². The summed E-state index contributed by atoms with van der Waals surface area (Å²) in [6.07, 6.45) is 0.877. The minimum Gasteiger partial charge on any atom is -0.375 e. The minimum absolute atomic E-state index is 0.00459. The zero-order chi connectivity index (χ0) is 14.3. The first-order valence-electron chi connectivity index (χ1n) is 6.19. The molecular formula is C14H12ClF2NS2. The summed E-state index contributed by atoms with van der Waals surface area (Å²) in [4.78, 5) is 0. The van der Waals surface area contributed by atoms with Crippen molar-refractivity contribution in [2.75, 3.05) is 5.32 Å². The number of thioether (sulfide) groups is 1. The smallest absolute Gasteiger partial charge is 0.150 e. The van der Waals surface area contributed by atoms with Crippen molar-refractivity contribution >= 4 is 40.4 Å². The van der Waals surface area contributed by atoms with Gasteiger partial charge in [-0.25, -0.2) is 8.78 Å². The Balaban J connectivity index is 1.93. The van der Waals surface area contributed by atoms with E-state index >= 15 is 0 Å². The highest BCUT2D eigenvalue weighted by atomic mass is 35.5. The number of thiophene rings is 1. The van der Waals surface area contributed by atoms with Crippen LogP contribution in [-0.2, 0) is 0 Å². The Morgan fingerprint density at radius 1 is 1.35 bits per heavy atom. The van der Waals surface area contributed by atoms with E-state index in [1.807, 2.05) is 23.2 Å². The molecule has 0 bridgehead atoms. The number of anilines is 1. The average molecular weight is 332 g/mol. The summed E-state index contributed by atoms with van der Waals surface area (Å²) < 4.78 is 28.2. The van der Waals surface area contributed by atoms with E-state index in [1.54, 1.807) is 11.3 Å². The molecule has 2 aromatic rings. The van der Waals surface area contributed by atoms with Gasteiger partial charge < -0.3 is 5.32 Å². The molecule has 1 N–H and O–H groups in total.